The molecule has 0 saturated carbocycles. The Bertz CT molecular complexity index is 462. The number of rotatable bonds is 1. The Morgan fingerprint density at radius 2 is 2.06 bits per heavy atom. The van der Waals surface area contributed by atoms with Crippen molar-refractivity contribution >= 4 is 6.02 Å². The molecule has 2 N–H and O–H groups in total. The molecule has 0 spiro atoms. The van der Waals surface area contributed by atoms with E-state index in [9.17, 15) is 4.39 Å². The number of allylic oxidation sites excluding steroid dienone is 1. The van der Waals surface area contributed by atoms with Gasteiger partial charge in [0.2, 0.25) is 0 Å². The van der Waals surface area contributed by atoms with Gasteiger partial charge in [-0.25, -0.2) is 9.38 Å². The third-order valence-electron chi connectivity index (χ3n) is 2.51. The zero-order chi connectivity index (χ0) is 11.8. The van der Waals surface area contributed by atoms with Crippen LogP contribution in [0.25, 0.3) is 0 Å². The molecule has 1 atom stereocenters. The van der Waals surface area contributed by atoms with Gasteiger partial charge in [0.25, 0.3) is 6.02 Å². The van der Waals surface area contributed by atoms with E-state index in [0.717, 1.165) is 0 Å². The molecule has 4 heteroatoms. The van der Waals surface area contributed by atoms with Gasteiger partial charge >= 0.3 is 0 Å². The first kappa shape index (κ1) is 10.7. The molecular formula is C12H13FN2O. The van der Waals surface area contributed by atoms with E-state index in [4.69, 9.17) is 10.5 Å². The highest BCUT2D eigenvalue weighted by Crippen LogP contribution is 2.32. The SMILES string of the molecule is CC1=C[C@@](C)(c2ccccc2F)N=C(N)O1. The fourth-order valence-corrected chi connectivity index (χ4v) is 1.88. The second-order valence-electron chi connectivity index (χ2n) is 3.93. The van der Waals surface area contributed by atoms with E-state index in [1.54, 1.807) is 38.1 Å². The summed E-state index contributed by atoms with van der Waals surface area (Å²) >= 11 is 0. The maximum atomic E-state index is 13.7. The summed E-state index contributed by atoms with van der Waals surface area (Å²) in [5.41, 5.74) is 5.25. The molecule has 0 fully saturated rings. The Labute approximate surface area is 93.4 Å². The highest BCUT2D eigenvalue weighted by Gasteiger charge is 2.30. The molecule has 16 heavy (non-hydrogen) atoms. The minimum Gasteiger partial charge on any atom is -0.431 e. The Balaban J connectivity index is 2.54. The molecule has 0 bridgehead atoms. The summed E-state index contributed by atoms with van der Waals surface area (Å²) in [5.74, 6) is 0.325. The second-order valence-corrected chi connectivity index (χ2v) is 3.93. The Hall–Kier alpha value is -1.84. The molecule has 84 valence electrons. The van der Waals surface area contributed by atoms with Crippen LogP contribution < -0.4 is 5.73 Å². The standard InChI is InChI=1S/C12H13FN2O/c1-8-7-12(2,15-11(14)16-8)9-5-3-4-6-10(9)13/h3-7H,1-2H3,(H2,14,15)/t12-/m0/s1. The summed E-state index contributed by atoms with van der Waals surface area (Å²) in [6, 6.07) is 6.58. The van der Waals surface area contributed by atoms with Crippen molar-refractivity contribution in [3.05, 3.63) is 47.5 Å². The first-order chi connectivity index (χ1) is 7.51. The predicted octanol–water partition coefficient (Wildman–Crippen LogP) is 2.29. The maximum absolute atomic E-state index is 13.7. The minimum absolute atomic E-state index is 0.0609. The number of nitrogens with two attached hydrogens (primary N) is 1. The van der Waals surface area contributed by atoms with Crippen LogP contribution in [0.15, 0.2) is 41.1 Å². The molecule has 1 aliphatic rings. The second kappa shape index (κ2) is 3.63. The van der Waals surface area contributed by atoms with Crippen LogP contribution >= 0.6 is 0 Å². The Morgan fingerprint density at radius 3 is 2.69 bits per heavy atom. The van der Waals surface area contributed by atoms with E-state index >= 15 is 0 Å². The van der Waals surface area contributed by atoms with E-state index in [0.29, 0.717) is 11.3 Å². The number of hydrogen-bond acceptors (Lipinski definition) is 3. The third kappa shape index (κ3) is 1.78. The summed E-state index contributed by atoms with van der Waals surface area (Å²) < 4.78 is 18.8. The van der Waals surface area contributed by atoms with Crippen molar-refractivity contribution in [3.63, 3.8) is 0 Å². The molecule has 0 saturated heterocycles. The van der Waals surface area contributed by atoms with Crippen LogP contribution in [0.1, 0.15) is 19.4 Å². The van der Waals surface area contributed by atoms with Gasteiger partial charge < -0.3 is 10.5 Å². The van der Waals surface area contributed by atoms with Crippen molar-refractivity contribution in [1.29, 1.82) is 0 Å². The van der Waals surface area contributed by atoms with Gasteiger partial charge in [-0.1, -0.05) is 18.2 Å². The lowest BCUT2D eigenvalue weighted by molar-refractivity contribution is 0.365. The topological polar surface area (TPSA) is 47.6 Å². The number of benzene rings is 1. The lowest BCUT2D eigenvalue weighted by atomic mass is 9.91. The van der Waals surface area contributed by atoms with E-state index in [-0.39, 0.29) is 11.8 Å². The van der Waals surface area contributed by atoms with Gasteiger partial charge in [-0.05, 0) is 26.0 Å². The van der Waals surface area contributed by atoms with Gasteiger partial charge in [0.15, 0.2) is 0 Å². The molecule has 3 nitrogen and oxygen atoms in total. The molecule has 0 aromatic heterocycles. The molecule has 1 aromatic carbocycles. The van der Waals surface area contributed by atoms with Crippen LogP contribution in [-0.4, -0.2) is 6.02 Å². The zero-order valence-corrected chi connectivity index (χ0v) is 9.20. The van der Waals surface area contributed by atoms with Crippen molar-refractivity contribution in [1.82, 2.24) is 0 Å². The molecule has 1 aromatic rings. The smallest absolute Gasteiger partial charge is 0.288 e. The summed E-state index contributed by atoms with van der Waals surface area (Å²) in [6.07, 6.45) is 1.75. The van der Waals surface area contributed by atoms with Gasteiger partial charge in [-0.3, -0.25) is 0 Å². The van der Waals surface area contributed by atoms with Crippen LogP contribution in [0.3, 0.4) is 0 Å². The van der Waals surface area contributed by atoms with Crippen molar-refractivity contribution in [3.8, 4) is 0 Å². The number of ether oxygens (including phenoxy) is 1. The van der Waals surface area contributed by atoms with Gasteiger partial charge in [0.05, 0.1) is 0 Å². The summed E-state index contributed by atoms with van der Waals surface area (Å²) in [6.45, 7) is 3.56. The number of nitrogens with zero attached hydrogens (tertiary/aromatic N) is 1. The van der Waals surface area contributed by atoms with Crippen LogP contribution in [0.2, 0.25) is 0 Å². The fraction of sp³-hybridized carbons (Fsp3) is 0.250. The van der Waals surface area contributed by atoms with Crippen LogP contribution in [0.4, 0.5) is 4.39 Å². The number of amidine groups is 1. The van der Waals surface area contributed by atoms with E-state index in [1.807, 2.05) is 0 Å². The number of hydrogen-bond donors (Lipinski definition) is 1. The number of aliphatic imine (C=N–C) groups is 1. The maximum Gasteiger partial charge on any atom is 0.288 e. The Morgan fingerprint density at radius 1 is 1.38 bits per heavy atom. The van der Waals surface area contributed by atoms with Gasteiger partial charge in [-0.2, -0.15) is 0 Å². The monoisotopic (exact) mass is 220 g/mol. The average Bonchev–Trinajstić information content (AvgIpc) is 2.15. The first-order valence-electron chi connectivity index (χ1n) is 4.99. The highest BCUT2D eigenvalue weighted by molar-refractivity contribution is 5.74. The largest absolute Gasteiger partial charge is 0.431 e. The van der Waals surface area contributed by atoms with Gasteiger partial charge in [-0.15, -0.1) is 0 Å². The predicted molar refractivity (Wildman–Crippen MR) is 60.2 cm³/mol. The van der Waals surface area contributed by atoms with E-state index < -0.39 is 5.54 Å². The van der Waals surface area contributed by atoms with Crippen molar-refractivity contribution < 1.29 is 9.13 Å². The molecule has 1 aliphatic heterocycles. The fourth-order valence-electron chi connectivity index (χ4n) is 1.88. The van der Waals surface area contributed by atoms with Gasteiger partial charge in [0.1, 0.15) is 17.1 Å². The third-order valence-corrected chi connectivity index (χ3v) is 2.51. The number of halogens is 1. The van der Waals surface area contributed by atoms with Crippen molar-refractivity contribution in [2.75, 3.05) is 0 Å². The Kier molecular flexibility index (Phi) is 2.42. The van der Waals surface area contributed by atoms with Crippen LogP contribution in [0, 0.1) is 5.82 Å². The van der Waals surface area contributed by atoms with E-state index in [2.05, 4.69) is 4.99 Å². The van der Waals surface area contributed by atoms with E-state index in [1.165, 1.54) is 6.07 Å². The molecule has 0 radical (unpaired) electrons. The van der Waals surface area contributed by atoms with Crippen LogP contribution in [-0.2, 0) is 10.3 Å². The highest BCUT2D eigenvalue weighted by atomic mass is 19.1. The normalized spacial score (nSPS) is 24.4. The van der Waals surface area contributed by atoms with Crippen LogP contribution in [0.5, 0.6) is 0 Å². The lowest BCUT2D eigenvalue weighted by Gasteiger charge is -2.27. The van der Waals surface area contributed by atoms with Crippen molar-refractivity contribution in [2.24, 2.45) is 10.7 Å². The minimum atomic E-state index is -0.794. The average molecular weight is 220 g/mol. The summed E-state index contributed by atoms with van der Waals surface area (Å²) in [5, 5.41) is 0. The molecule has 2 rings (SSSR count). The van der Waals surface area contributed by atoms with Crippen molar-refractivity contribution in [2.45, 2.75) is 19.4 Å². The van der Waals surface area contributed by atoms with Gasteiger partial charge in [0, 0.05) is 5.56 Å². The molecule has 0 unspecified atom stereocenters. The quantitative estimate of drug-likeness (QED) is 0.789. The first-order valence-corrected chi connectivity index (χ1v) is 4.99. The lowest BCUT2D eigenvalue weighted by Crippen LogP contribution is -2.29. The zero-order valence-electron chi connectivity index (χ0n) is 9.20. The summed E-state index contributed by atoms with van der Waals surface area (Å²) in [4.78, 5) is 4.15. The molecule has 0 aliphatic carbocycles. The molecule has 1 heterocycles. The molecule has 0 amide bonds. The summed E-state index contributed by atoms with van der Waals surface area (Å²) in [7, 11) is 0. The molecular weight excluding hydrogens is 207 g/mol.